The molecule has 0 bridgehead atoms. The summed E-state index contributed by atoms with van der Waals surface area (Å²) in [6, 6.07) is 0.104. The number of sulfone groups is 1. The topological polar surface area (TPSA) is 49.9 Å². The Balaban J connectivity index is 1.85. The number of nitrogens with zero attached hydrogens (tertiary/aromatic N) is 2. The van der Waals surface area contributed by atoms with Gasteiger partial charge in [-0.25, -0.2) is 8.42 Å². The number of unbranched alkanes of at least 4 members (excludes halogenated alkanes) is 1. The lowest BCUT2D eigenvalue weighted by Crippen LogP contribution is -2.58. The summed E-state index contributed by atoms with van der Waals surface area (Å²) in [5.74, 6) is 0.253. The second-order valence-corrected chi connectivity index (χ2v) is 9.32. The van der Waals surface area contributed by atoms with Crippen molar-refractivity contribution in [3.8, 4) is 0 Å². The van der Waals surface area contributed by atoms with Gasteiger partial charge >= 0.3 is 0 Å². The monoisotopic (exact) mass is 332 g/mol. The summed E-state index contributed by atoms with van der Waals surface area (Å²) in [6.07, 6.45) is 5.85. The highest BCUT2D eigenvalue weighted by Gasteiger charge is 2.40. The molecular formula is C16H32N2O3S. The van der Waals surface area contributed by atoms with Crippen LogP contribution in [0.25, 0.3) is 0 Å². The van der Waals surface area contributed by atoms with Gasteiger partial charge in [-0.05, 0) is 32.7 Å². The Morgan fingerprint density at radius 1 is 1.23 bits per heavy atom. The van der Waals surface area contributed by atoms with Gasteiger partial charge in [0.15, 0.2) is 0 Å². The molecule has 2 heterocycles. The van der Waals surface area contributed by atoms with E-state index in [1.165, 1.54) is 25.6 Å². The lowest BCUT2D eigenvalue weighted by atomic mass is 9.88. The van der Waals surface area contributed by atoms with Gasteiger partial charge in [-0.15, -0.1) is 0 Å². The Hall–Kier alpha value is -0.170. The second kappa shape index (κ2) is 7.60. The van der Waals surface area contributed by atoms with Crippen molar-refractivity contribution in [2.75, 3.05) is 51.3 Å². The van der Waals surface area contributed by atoms with Crippen molar-refractivity contribution >= 4 is 9.84 Å². The van der Waals surface area contributed by atoms with Crippen LogP contribution in [-0.2, 0) is 14.6 Å². The van der Waals surface area contributed by atoms with Crippen molar-refractivity contribution in [2.45, 2.75) is 51.2 Å². The van der Waals surface area contributed by atoms with E-state index in [0.29, 0.717) is 0 Å². The Morgan fingerprint density at radius 3 is 2.50 bits per heavy atom. The zero-order valence-corrected chi connectivity index (χ0v) is 15.2. The van der Waals surface area contributed by atoms with E-state index in [1.54, 1.807) is 0 Å². The van der Waals surface area contributed by atoms with Gasteiger partial charge in [-0.1, -0.05) is 13.3 Å². The highest BCUT2D eigenvalue weighted by Crippen LogP contribution is 2.31. The number of hydrogen-bond donors (Lipinski definition) is 0. The van der Waals surface area contributed by atoms with Crippen molar-refractivity contribution in [3.05, 3.63) is 0 Å². The zero-order chi connectivity index (χ0) is 16.2. The molecule has 1 atom stereocenters. The molecular weight excluding hydrogens is 300 g/mol. The van der Waals surface area contributed by atoms with Crippen LogP contribution in [0.2, 0.25) is 0 Å². The molecule has 2 rings (SSSR count). The third-order valence-electron chi connectivity index (χ3n) is 5.03. The molecule has 0 aromatic rings. The minimum Gasteiger partial charge on any atom is -0.372 e. The number of morpholine rings is 1. The first-order chi connectivity index (χ1) is 10.3. The normalized spacial score (nSPS) is 25.4. The molecule has 1 spiro atoms. The van der Waals surface area contributed by atoms with Crippen molar-refractivity contribution in [3.63, 3.8) is 0 Å². The summed E-state index contributed by atoms with van der Waals surface area (Å²) >= 11 is 0. The van der Waals surface area contributed by atoms with Gasteiger partial charge in [-0.3, -0.25) is 9.80 Å². The highest BCUT2D eigenvalue weighted by molar-refractivity contribution is 7.90. The van der Waals surface area contributed by atoms with Gasteiger partial charge < -0.3 is 4.74 Å². The lowest BCUT2D eigenvalue weighted by Gasteiger charge is -2.48. The van der Waals surface area contributed by atoms with E-state index >= 15 is 0 Å². The molecule has 2 fully saturated rings. The summed E-state index contributed by atoms with van der Waals surface area (Å²) in [5.41, 5.74) is 0.00724. The fourth-order valence-electron chi connectivity index (χ4n) is 3.71. The molecule has 0 aromatic carbocycles. The van der Waals surface area contributed by atoms with Gasteiger partial charge in [-0.2, -0.15) is 0 Å². The van der Waals surface area contributed by atoms with Crippen LogP contribution in [0.3, 0.4) is 0 Å². The van der Waals surface area contributed by atoms with E-state index in [2.05, 4.69) is 16.7 Å². The number of ether oxygens (including phenoxy) is 1. The van der Waals surface area contributed by atoms with Crippen molar-refractivity contribution < 1.29 is 13.2 Å². The third-order valence-corrected chi connectivity index (χ3v) is 6.12. The standard InChI is InChI=1S/C16H32N2O3S/c1-4-5-8-17-11-12-21-16(14-17)6-9-18(10-7-16)15(2)13-22(3,19)20/h15H,4-14H2,1-3H3. The molecule has 2 saturated heterocycles. The van der Waals surface area contributed by atoms with Crippen molar-refractivity contribution in [2.24, 2.45) is 0 Å². The number of rotatable bonds is 6. The third kappa shape index (κ3) is 5.18. The van der Waals surface area contributed by atoms with E-state index in [4.69, 9.17) is 4.74 Å². The molecule has 1 unspecified atom stereocenters. The summed E-state index contributed by atoms with van der Waals surface area (Å²) in [4.78, 5) is 4.85. The van der Waals surface area contributed by atoms with Crippen molar-refractivity contribution in [1.82, 2.24) is 9.80 Å². The van der Waals surface area contributed by atoms with Crippen LogP contribution < -0.4 is 0 Å². The first kappa shape index (κ1) is 18.2. The van der Waals surface area contributed by atoms with E-state index in [0.717, 1.165) is 45.6 Å². The molecule has 0 aliphatic carbocycles. The Kier molecular flexibility index (Phi) is 6.28. The van der Waals surface area contributed by atoms with E-state index in [1.807, 2.05) is 6.92 Å². The van der Waals surface area contributed by atoms with Gasteiger partial charge in [0.1, 0.15) is 9.84 Å². The number of likely N-dealkylation sites (tertiary alicyclic amines) is 1. The quantitative estimate of drug-likeness (QED) is 0.736. The maximum absolute atomic E-state index is 11.5. The SMILES string of the molecule is CCCCN1CCOC2(CCN(C(C)CS(C)(=O)=O)CC2)C1. The fraction of sp³-hybridized carbons (Fsp3) is 1.00. The van der Waals surface area contributed by atoms with Gasteiger partial charge in [0.2, 0.25) is 0 Å². The second-order valence-electron chi connectivity index (χ2n) is 7.14. The molecule has 5 nitrogen and oxygen atoms in total. The summed E-state index contributed by atoms with van der Waals surface area (Å²) in [5, 5.41) is 0. The first-order valence-electron chi connectivity index (χ1n) is 8.62. The number of hydrogen-bond acceptors (Lipinski definition) is 5. The smallest absolute Gasteiger partial charge is 0.148 e. The highest BCUT2D eigenvalue weighted by atomic mass is 32.2. The average molecular weight is 333 g/mol. The van der Waals surface area contributed by atoms with Crippen molar-refractivity contribution in [1.29, 1.82) is 0 Å². The Bertz CT molecular complexity index is 444. The Morgan fingerprint density at radius 2 is 1.91 bits per heavy atom. The van der Waals surface area contributed by atoms with Crippen LogP contribution in [-0.4, -0.2) is 81.2 Å². The van der Waals surface area contributed by atoms with Crippen LogP contribution in [0.15, 0.2) is 0 Å². The number of piperidine rings is 1. The van der Waals surface area contributed by atoms with E-state index in [9.17, 15) is 8.42 Å². The summed E-state index contributed by atoms with van der Waals surface area (Å²) in [7, 11) is -2.91. The maximum Gasteiger partial charge on any atom is 0.148 e. The largest absolute Gasteiger partial charge is 0.372 e. The van der Waals surface area contributed by atoms with Crippen LogP contribution in [0.5, 0.6) is 0 Å². The molecule has 22 heavy (non-hydrogen) atoms. The maximum atomic E-state index is 11.5. The van der Waals surface area contributed by atoms with Crippen LogP contribution in [0.4, 0.5) is 0 Å². The zero-order valence-electron chi connectivity index (χ0n) is 14.4. The van der Waals surface area contributed by atoms with Crippen LogP contribution in [0.1, 0.15) is 39.5 Å². The average Bonchev–Trinajstić information content (AvgIpc) is 2.44. The Labute approximate surface area is 135 Å². The summed E-state index contributed by atoms with van der Waals surface area (Å²) < 4.78 is 29.1. The molecule has 0 saturated carbocycles. The minimum atomic E-state index is -2.91. The lowest BCUT2D eigenvalue weighted by molar-refractivity contribution is -0.137. The van der Waals surface area contributed by atoms with Gasteiger partial charge in [0, 0.05) is 38.5 Å². The van der Waals surface area contributed by atoms with E-state index in [-0.39, 0.29) is 17.4 Å². The predicted octanol–water partition coefficient (Wildman–Crippen LogP) is 1.39. The molecule has 130 valence electrons. The first-order valence-corrected chi connectivity index (χ1v) is 10.7. The molecule has 0 radical (unpaired) electrons. The molecule has 0 aromatic heterocycles. The van der Waals surface area contributed by atoms with Gasteiger partial charge in [0.25, 0.3) is 0 Å². The van der Waals surface area contributed by atoms with Crippen LogP contribution >= 0.6 is 0 Å². The molecule has 6 heteroatoms. The predicted molar refractivity (Wildman–Crippen MR) is 90.0 cm³/mol. The molecule has 2 aliphatic rings. The van der Waals surface area contributed by atoms with Gasteiger partial charge in [0.05, 0.1) is 18.0 Å². The van der Waals surface area contributed by atoms with E-state index < -0.39 is 9.84 Å². The summed E-state index contributed by atoms with van der Waals surface area (Å²) in [6.45, 7) is 10.2. The van der Waals surface area contributed by atoms with Crippen LogP contribution in [0, 0.1) is 0 Å². The molecule has 0 N–H and O–H groups in total. The minimum absolute atomic E-state index is 0.00724. The molecule has 0 amide bonds. The molecule has 2 aliphatic heterocycles. The fourth-order valence-corrected chi connectivity index (χ4v) is 4.80.